The molecule has 80 valence electrons. The molecule has 0 aliphatic heterocycles. The lowest BCUT2D eigenvalue weighted by Gasteiger charge is -2.09. The van der Waals surface area contributed by atoms with Crippen molar-refractivity contribution in [2.24, 2.45) is 0 Å². The number of halogens is 3. The van der Waals surface area contributed by atoms with Gasteiger partial charge in [0.2, 0.25) is 0 Å². The average Bonchev–Trinajstić information content (AvgIpc) is 2.32. The summed E-state index contributed by atoms with van der Waals surface area (Å²) in [6.07, 6.45) is 1.65. The van der Waals surface area contributed by atoms with E-state index in [0.29, 0.717) is 0 Å². The van der Waals surface area contributed by atoms with Crippen LogP contribution in [0, 0.1) is 0 Å². The van der Waals surface area contributed by atoms with E-state index in [9.17, 15) is 13.2 Å². The zero-order chi connectivity index (χ0) is 11.2. The lowest BCUT2D eigenvalue weighted by atomic mass is 10.1. The molecule has 1 aliphatic carbocycles. The van der Waals surface area contributed by atoms with Gasteiger partial charge in [0.15, 0.2) is 0 Å². The molecule has 0 saturated heterocycles. The van der Waals surface area contributed by atoms with Gasteiger partial charge in [-0.3, -0.25) is 0 Å². The topological polar surface area (TPSA) is 0 Å². The average molecular weight is 204 g/mol. The summed E-state index contributed by atoms with van der Waals surface area (Å²) in [5, 5.41) is 0. The number of allylic oxidation sites excluding steroid dienone is 6. The third-order valence-corrected chi connectivity index (χ3v) is 1.62. The monoisotopic (exact) mass is 204 g/mol. The van der Waals surface area contributed by atoms with Crippen molar-refractivity contribution in [2.75, 3.05) is 0 Å². The SMILES string of the molecule is CC.CC1=CC=CC=C(C(F)(F)F)C1. The maximum absolute atomic E-state index is 12.2. The van der Waals surface area contributed by atoms with Crippen LogP contribution in [0.5, 0.6) is 0 Å². The quantitative estimate of drug-likeness (QED) is 0.548. The summed E-state index contributed by atoms with van der Waals surface area (Å²) >= 11 is 0. The fraction of sp³-hybridized carbons (Fsp3) is 0.455. The van der Waals surface area contributed by atoms with Gasteiger partial charge in [-0.05, 0) is 13.3 Å². The van der Waals surface area contributed by atoms with Crippen molar-refractivity contribution in [2.45, 2.75) is 33.4 Å². The van der Waals surface area contributed by atoms with Gasteiger partial charge >= 0.3 is 6.18 Å². The van der Waals surface area contributed by atoms with Gasteiger partial charge < -0.3 is 0 Å². The first-order valence-electron chi connectivity index (χ1n) is 4.60. The fourth-order valence-electron chi connectivity index (χ4n) is 1.00. The first-order chi connectivity index (χ1) is 6.50. The first kappa shape index (κ1) is 13.0. The minimum absolute atomic E-state index is 0.00347. The normalized spacial score (nSPS) is 16.1. The highest BCUT2D eigenvalue weighted by atomic mass is 19.4. The predicted octanol–water partition coefficient (Wildman–Crippen LogP) is 4.41. The van der Waals surface area contributed by atoms with E-state index in [4.69, 9.17) is 0 Å². The van der Waals surface area contributed by atoms with E-state index in [1.165, 1.54) is 6.08 Å². The Morgan fingerprint density at radius 2 is 1.57 bits per heavy atom. The Labute approximate surface area is 82.8 Å². The molecule has 0 saturated carbocycles. The second kappa shape index (κ2) is 5.68. The molecular formula is C11H15F3. The molecule has 0 atom stereocenters. The standard InChI is InChI=1S/C9H9F3.C2H6/c1-7-4-2-3-5-8(6-7)9(10,11)12;1-2/h2-5H,6H2,1H3;1-2H3. The number of hydrogen-bond acceptors (Lipinski definition) is 0. The molecule has 3 heteroatoms. The summed E-state index contributed by atoms with van der Waals surface area (Å²) in [4.78, 5) is 0. The summed E-state index contributed by atoms with van der Waals surface area (Å²) in [5.74, 6) is 0. The molecule has 0 bridgehead atoms. The summed E-state index contributed by atoms with van der Waals surface area (Å²) in [6, 6.07) is 0. The van der Waals surface area contributed by atoms with Crippen LogP contribution >= 0.6 is 0 Å². The fourth-order valence-corrected chi connectivity index (χ4v) is 1.00. The molecule has 1 aliphatic rings. The van der Waals surface area contributed by atoms with E-state index in [2.05, 4.69) is 0 Å². The van der Waals surface area contributed by atoms with Crippen molar-refractivity contribution >= 4 is 0 Å². The molecule has 0 aromatic carbocycles. The maximum atomic E-state index is 12.2. The van der Waals surface area contributed by atoms with E-state index in [1.54, 1.807) is 19.1 Å². The van der Waals surface area contributed by atoms with Crippen molar-refractivity contribution in [3.05, 3.63) is 35.5 Å². The Bertz CT molecular complexity index is 254. The molecule has 0 radical (unpaired) electrons. The van der Waals surface area contributed by atoms with Crippen molar-refractivity contribution < 1.29 is 13.2 Å². The molecule has 0 amide bonds. The van der Waals surface area contributed by atoms with Crippen LogP contribution in [0.3, 0.4) is 0 Å². The Morgan fingerprint density at radius 1 is 1.07 bits per heavy atom. The van der Waals surface area contributed by atoms with Gasteiger partial charge in [-0.15, -0.1) is 0 Å². The van der Waals surface area contributed by atoms with Crippen LogP contribution in [-0.2, 0) is 0 Å². The van der Waals surface area contributed by atoms with E-state index in [-0.39, 0.29) is 6.42 Å². The maximum Gasteiger partial charge on any atom is 0.413 e. The van der Waals surface area contributed by atoms with Crippen LogP contribution in [0.15, 0.2) is 35.5 Å². The van der Waals surface area contributed by atoms with Crippen LogP contribution < -0.4 is 0 Å². The van der Waals surface area contributed by atoms with Gasteiger partial charge in [-0.25, -0.2) is 0 Å². The minimum Gasteiger partial charge on any atom is -0.166 e. The van der Waals surface area contributed by atoms with Crippen LogP contribution in [0.4, 0.5) is 13.2 Å². The second-order valence-corrected chi connectivity index (χ2v) is 2.76. The molecule has 0 heterocycles. The van der Waals surface area contributed by atoms with Gasteiger partial charge in [0.25, 0.3) is 0 Å². The summed E-state index contributed by atoms with van der Waals surface area (Å²) in [6.45, 7) is 5.69. The molecule has 0 aromatic rings. The zero-order valence-electron chi connectivity index (χ0n) is 8.65. The number of rotatable bonds is 0. The van der Waals surface area contributed by atoms with Crippen LogP contribution in [0.1, 0.15) is 27.2 Å². The highest BCUT2D eigenvalue weighted by Gasteiger charge is 2.32. The smallest absolute Gasteiger partial charge is 0.166 e. The third kappa shape index (κ3) is 4.30. The summed E-state index contributed by atoms with van der Waals surface area (Å²) in [5.41, 5.74) is 0.248. The lowest BCUT2D eigenvalue weighted by Crippen LogP contribution is -2.11. The van der Waals surface area contributed by atoms with E-state index in [1.807, 2.05) is 13.8 Å². The first-order valence-corrected chi connectivity index (χ1v) is 4.60. The molecule has 0 nitrogen and oxygen atoms in total. The van der Waals surface area contributed by atoms with Gasteiger partial charge in [-0.1, -0.05) is 43.7 Å². The van der Waals surface area contributed by atoms with Crippen LogP contribution in [0.25, 0.3) is 0 Å². The Kier molecular flexibility index (Phi) is 5.28. The molecule has 0 unspecified atom stereocenters. The molecular weight excluding hydrogens is 189 g/mol. The van der Waals surface area contributed by atoms with Gasteiger partial charge in [-0.2, -0.15) is 13.2 Å². The Balaban J connectivity index is 0.000000791. The molecule has 0 spiro atoms. The molecule has 1 rings (SSSR count). The largest absolute Gasteiger partial charge is 0.413 e. The van der Waals surface area contributed by atoms with Gasteiger partial charge in [0, 0.05) is 5.57 Å². The van der Waals surface area contributed by atoms with Crippen molar-refractivity contribution in [3.8, 4) is 0 Å². The van der Waals surface area contributed by atoms with Gasteiger partial charge in [0.1, 0.15) is 0 Å². The Morgan fingerprint density at radius 3 is 2.07 bits per heavy atom. The van der Waals surface area contributed by atoms with Crippen LogP contribution in [-0.4, -0.2) is 6.18 Å². The predicted molar refractivity (Wildman–Crippen MR) is 53.0 cm³/mol. The minimum atomic E-state index is -4.19. The lowest BCUT2D eigenvalue weighted by molar-refractivity contribution is -0.0931. The molecule has 14 heavy (non-hydrogen) atoms. The molecule has 0 aromatic heterocycles. The second-order valence-electron chi connectivity index (χ2n) is 2.76. The summed E-state index contributed by atoms with van der Waals surface area (Å²) in [7, 11) is 0. The number of alkyl halides is 3. The van der Waals surface area contributed by atoms with E-state index in [0.717, 1.165) is 11.6 Å². The number of hydrogen-bond donors (Lipinski definition) is 0. The highest BCUT2D eigenvalue weighted by Crippen LogP contribution is 2.31. The van der Waals surface area contributed by atoms with Gasteiger partial charge in [0.05, 0.1) is 0 Å². The third-order valence-electron chi connectivity index (χ3n) is 1.62. The molecule has 0 N–H and O–H groups in total. The summed E-state index contributed by atoms with van der Waals surface area (Å²) < 4.78 is 36.5. The van der Waals surface area contributed by atoms with Crippen LogP contribution in [0.2, 0.25) is 0 Å². The zero-order valence-corrected chi connectivity index (χ0v) is 8.65. The highest BCUT2D eigenvalue weighted by molar-refractivity contribution is 5.29. The molecule has 0 fully saturated rings. The Hall–Kier alpha value is -0.990. The van der Waals surface area contributed by atoms with E-state index < -0.39 is 11.7 Å². The van der Waals surface area contributed by atoms with Crippen molar-refractivity contribution in [1.82, 2.24) is 0 Å². The van der Waals surface area contributed by atoms with Crippen molar-refractivity contribution in [1.29, 1.82) is 0 Å². The van der Waals surface area contributed by atoms with Crippen molar-refractivity contribution in [3.63, 3.8) is 0 Å². The van der Waals surface area contributed by atoms with E-state index >= 15 is 0 Å².